The average Bonchev–Trinajstić information content (AvgIpc) is 3.53. The van der Waals surface area contributed by atoms with Gasteiger partial charge in [0.1, 0.15) is 0 Å². The van der Waals surface area contributed by atoms with Gasteiger partial charge in [-0.15, -0.1) is 0 Å². The van der Waals surface area contributed by atoms with Crippen LogP contribution in [0.3, 0.4) is 0 Å². The van der Waals surface area contributed by atoms with Crippen LogP contribution < -0.4 is 26.2 Å². The highest BCUT2D eigenvalue weighted by Crippen LogP contribution is 2.54. The molecule has 0 N–H and O–H groups in total. The highest BCUT2D eigenvalue weighted by atomic mass is 15.2. The maximum atomic E-state index is 2.71. The molecule has 80 heavy (non-hydrogen) atoms. The summed E-state index contributed by atoms with van der Waals surface area (Å²) in [5.41, 5.74) is 28.6. The zero-order valence-electron chi connectivity index (χ0n) is 49.8. The van der Waals surface area contributed by atoms with Gasteiger partial charge in [0.15, 0.2) is 0 Å². The van der Waals surface area contributed by atoms with Gasteiger partial charge in [0.25, 0.3) is 6.71 Å². The molecule has 4 aliphatic rings. The van der Waals surface area contributed by atoms with Crippen molar-refractivity contribution in [3.8, 4) is 22.3 Å². The van der Waals surface area contributed by atoms with E-state index in [0.29, 0.717) is 0 Å². The molecule has 0 unspecified atom stereocenters. The van der Waals surface area contributed by atoms with Crippen LogP contribution in [0.25, 0.3) is 22.3 Å². The van der Waals surface area contributed by atoms with Crippen LogP contribution >= 0.6 is 0 Å². The van der Waals surface area contributed by atoms with Crippen molar-refractivity contribution in [1.82, 2.24) is 0 Å². The summed E-state index contributed by atoms with van der Waals surface area (Å²) in [5.74, 6) is 0. The predicted molar refractivity (Wildman–Crippen MR) is 344 cm³/mol. The topological polar surface area (TPSA) is 6.48 Å². The molecule has 0 bridgehead atoms. The van der Waals surface area contributed by atoms with Gasteiger partial charge in [0, 0.05) is 44.8 Å². The summed E-state index contributed by atoms with van der Waals surface area (Å²) >= 11 is 0. The zero-order chi connectivity index (χ0) is 55.9. The Morgan fingerprint density at radius 3 is 1.38 bits per heavy atom. The van der Waals surface area contributed by atoms with Crippen molar-refractivity contribution in [2.24, 2.45) is 0 Å². The number of rotatable bonds is 8. The summed E-state index contributed by atoms with van der Waals surface area (Å²) in [7, 11) is 0. The molecule has 13 rings (SSSR count). The summed E-state index contributed by atoms with van der Waals surface area (Å²) < 4.78 is 0. The fourth-order valence-corrected chi connectivity index (χ4v) is 14.7. The molecular weight excluding hydrogens is 964 g/mol. The smallest absolute Gasteiger partial charge is 0.252 e. The molecule has 2 heterocycles. The van der Waals surface area contributed by atoms with E-state index in [0.717, 1.165) is 19.3 Å². The van der Waals surface area contributed by atoms with E-state index < -0.39 is 0 Å². The van der Waals surface area contributed by atoms with E-state index in [1.54, 1.807) is 0 Å². The van der Waals surface area contributed by atoms with E-state index in [4.69, 9.17) is 0 Å². The van der Waals surface area contributed by atoms with Crippen molar-refractivity contribution in [3.63, 3.8) is 0 Å². The van der Waals surface area contributed by atoms with Gasteiger partial charge in [-0.1, -0.05) is 229 Å². The van der Waals surface area contributed by atoms with Gasteiger partial charge in [-0.05, 0) is 186 Å². The third kappa shape index (κ3) is 8.26. The highest BCUT2D eigenvalue weighted by Gasteiger charge is 2.48. The number of benzene rings is 9. The molecular formula is C77H79BN2. The lowest BCUT2D eigenvalue weighted by atomic mass is 9.33. The lowest BCUT2D eigenvalue weighted by Gasteiger charge is -2.48. The molecule has 2 nitrogen and oxygen atoms in total. The molecule has 0 atom stereocenters. The first-order valence-corrected chi connectivity index (χ1v) is 29.7. The van der Waals surface area contributed by atoms with E-state index in [1.165, 1.54) is 129 Å². The van der Waals surface area contributed by atoms with E-state index in [2.05, 4.69) is 294 Å². The molecule has 0 saturated heterocycles. The zero-order valence-corrected chi connectivity index (χ0v) is 49.8. The summed E-state index contributed by atoms with van der Waals surface area (Å²) in [4.78, 5) is 5.38. The molecule has 0 fully saturated rings. The second kappa shape index (κ2) is 18.3. The van der Waals surface area contributed by atoms with Gasteiger partial charge in [-0.25, -0.2) is 0 Å². The lowest BCUT2D eigenvalue weighted by molar-refractivity contribution is 0.332. The predicted octanol–water partition coefficient (Wildman–Crippen LogP) is 18.8. The van der Waals surface area contributed by atoms with Crippen LogP contribution in [0.4, 0.5) is 34.1 Å². The minimum Gasteiger partial charge on any atom is -0.311 e. The van der Waals surface area contributed by atoms with Crippen molar-refractivity contribution >= 4 is 57.2 Å². The summed E-state index contributed by atoms with van der Waals surface area (Å²) in [6, 6.07) is 75.2. The molecule has 9 aromatic carbocycles. The molecule has 0 amide bonds. The SMILES string of the molecule is Cc1cc2c3c(c1)N(c1ccc(C(C)(C)c4ccccc4)cc1-c1ccc(-c4ccccc4)cc1)c1ccc(C(C)(C)c4ccccc4)cc1B3c1cc3c(cc1N2c1ccc2c(c1)C(C)(C)CCC2(C)C)C(C)(C)CCC3(C)C. The van der Waals surface area contributed by atoms with Crippen molar-refractivity contribution in [2.75, 3.05) is 9.80 Å². The third-order valence-corrected chi connectivity index (χ3v) is 20.3. The van der Waals surface area contributed by atoms with Gasteiger partial charge in [0.2, 0.25) is 0 Å². The van der Waals surface area contributed by atoms with Gasteiger partial charge in [-0.3, -0.25) is 0 Å². The van der Waals surface area contributed by atoms with Crippen molar-refractivity contribution < 1.29 is 0 Å². The molecule has 400 valence electrons. The highest BCUT2D eigenvalue weighted by molar-refractivity contribution is 7.00. The molecule has 0 aromatic heterocycles. The Morgan fingerprint density at radius 1 is 0.350 bits per heavy atom. The Kier molecular flexibility index (Phi) is 11.9. The maximum Gasteiger partial charge on any atom is 0.252 e. The van der Waals surface area contributed by atoms with Gasteiger partial charge in [-0.2, -0.15) is 0 Å². The van der Waals surface area contributed by atoms with E-state index in [1.807, 2.05) is 0 Å². The van der Waals surface area contributed by atoms with E-state index in [-0.39, 0.29) is 39.2 Å². The van der Waals surface area contributed by atoms with Crippen molar-refractivity contribution in [1.29, 1.82) is 0 Å². The number of hydrogen-bond donors (Lipinski definition) is 0. The molecule has 2 aliphatic heterocycles. The first kappa shape index (κ1) is 52.0. The molecule has 0 radical (unpaired) electrons. The van der Waals surface area contributed by atoms with Crippen LogP contribution in [0, 0.1) is 6.92 Å². The molecule has 3 heteroatoms. The fraction of sp³-hybridized carbons (Fsp3) is 0.299. The Bertz CT molecular complexity index is 3900. The van der Waals surface area contributed by atoms with Crippen LogP contribution in [0.1, 0.15) is 159 Å². The van der Waals surface area contributed by atoms with Crippen LogP contribution in [0.5, 0.6) is 0 Å². The van der Waals surface area contributed by atoms with Gasteiger partial charge >= 0.3 is 0 Å². The molecule has 2 aliphatic carbocycles. The summed E-state index contributed by atoms with van der Waals surface area (Å²) in [5, 5.41) is 0. The Balaban J connectivity index is 1.12. The lowest BCUT2D eigenvalue weighted by Crippen LogP contribution is -2.62. The molecule has 9 aromatic rings. The van der Waals surface area contributed by atoms with Crippen LogP contribution in [-0.4, -0.2) is 6.71 Å². The molecule has 0 spiro atoms. The monoisotopic (exact) mass is 1040 g/mol. The fourth-order valence-electron chi connectivity index (χ4n) is 14.7. The number of hydrogen-bond acceptors (Lipinski definition) is 2. The van der Waals surface area contributed by atoms with E-state index >= 15 is 0 Å². The summed E-state index contributed by atoms with van der Waals surface area (Å²) in [6.07, 6.45) is 4.66. The summed E-state index contributed by atoms with van der Waals surface area (Å²) in [6.45, 7) is 31.7. The quantitative estimate of drug-likeness (QED) is 0.140. The number of fused-ring (bicyclic) bond motifs is 6. The standard InChI is InChI=1S/C77H79BN2/c1-50-43-69-71-70(44-50)80(66-37-33-56(76(10,11)54-25-19-15-20-26-54)45-59(66)53-31-29-52(30-32-53)51-23-17-14-18-24-51)67-38-34-57(77(12,13)55-27-21-16-22-28-55)46-64(67)78(71)65-48-62-63(75(8,9)42-41-74(62,6)7)49-68(65)79(69)58-35-36-60-61(47-58)73(4,5)40-39-72(60,2)3/h14-38,43-49H,39-42H2,1-13H3. The molecule has 0 saturated carbocycles. The maximum absolute atomic E-state index is 2.71. The normalized spacial score (nSPS) is 17.2. The van der Waals surface area contributed by atoms with Crippen LogP contribution in [0.2, 0.25) is 0 Å². The number of aryl methyl sites for hydroxylation is 1. The third-order valence-electron chi connectivity index (χ3n) is 20.3. The van der Waals surface area contributed by atoms with Crippen molar-refractivity contribution in [2.45, 2.75) is 148 Å². The number of nitrogens with zero attached hydrogens (tertiary/aromatic N) is 2. The van der Waals surface area contributed by atoms with Gasteiger partial charge < -0.3 is 9.80 Å². The Labute approximate surface area is 479 Å². The van der Waals surface area contributed by atoms with Crippen molar-refractivity contribution in [3.05, 3.63) is 244 Å². The van der Waals surface area contributed by atoms with Crippen LogP contribution in [0.15, 0.2) is 194 Å². The Morgan fingerprint density at radius 2 is 0.800 bits per heavy atom. The van der Waals surface area contributed by atoms with Crippen LogP contribution in [-0.2, 0) is 32.5 Å². The minimum absolute atomic E-state index is 0.0173. The number of anilines is 6. The second-order valence-corrected chi connectivity index (χ2v) is 28.0. The first-order valence-electron chi connectivity index (χ1n) is 29.7. The second-order valence-electron chi connectivity index (χ2n) is 28.0. The Hall–Kier alpha value is -7.36. The average molecular weight is 1040 g/mol. The largest absolute Gasteiger partial charge is 0.311 e. The van der Waals surface area contributed by atoms with Gasteiger partial charge in [0.05, 0.1) is 5.69 Å². The first-order chi connectivity index (χ1) is 38.0. The van der Waals surface area contributed by atoms with E-state index in [9.17, 15) is 0 Å². The minimum atomic E-state index is -0.261.